The van der Waals surface area contributed by atoms with Crippen molar-refractivity contribution >= 4 is 46.4 Å². The summed E-state index contributed by atoms with van der Waals surface area (Å²) in [6.45, 7) is 0. The van der Waals surface area contributed by atoms with E-state index in [9.17, 15) is 0 Å². The number of allylic oxidation sites excluding steroid dienone is 1. The van der Waals surface area contributed by atoms with Crippen molar-refractivity contribution in [1.82, 2.24) is 14.8 Å². The Kier molecular flexibility index (Phi) is 3.96. The van der Waals surface area contributed by atoms with E-state index in [0.29, 0.717) is 21.0 Å². The third kappa shape index (κ3) is 2.67. The fourth-order valence-electron chi connectivity index (χ4n) is 2.70. The molecule has 1 aliphatic heterocycles. The molecule has 0 saturated carbocycles. The number of nitrogens with one attached hydrogen (secondary N) is 1. The van der Waals surface area contributed by atoms with Gasteiger partial charge in [-0.1, -0.05) is 59.1 Å². The van der Waals surface area contributed by atoms with E-state index >= 15 is 0 Å². The molecular formula is C17H11Cl3N4. The molecule has 0 fully saturated rings. The van der Waals surface area contributed by atoms with Crippen LogP contribution in [0.3, 0.4) is 0 Å². The number of nitrogens with zero attached hydrogens (tertiary/aromatic N) is 3. The molecule has 0 bridgehead atoms. The molecular weight excluding hydrogens is 367 g/mol. The Balaban J connectivity index is 1.85. The van der Waals surface area contributed by atoms with Crippen molar-refractivity contribution in [1.29, 1.82) is 0 Å². The van der Waals surface area contributed by atoms with Crippen LogP contribution >= 0.6 is 34.8 Å². The Labute approximate surface area is 153 Å². The standard InChI is InChI=1S/C17H11Cl3N4/c18-11-6-4-10(5-7-11)14-8-15(24-17(23-14)21-9-22-24)12-2-1-3-13(19)16(12)20/h1-9,15H,(H,21,22,23). The molecule has 0 amide bonds. The van der Waals surface area contributed by atoms with Gasteiger partial charge in [0.25, 0.3) is 0 Å². The molecule has 1 aliphatic rings. The van der Waals surface area contributed by atoms with Crippen molar-refractivity contribution in [2.24, 2.45) is 0 Å². The third-order valence-electron chi connectivity index (χ3n) is 3.86. The molecule has 0 radical (unpaired) electrons. The van der Waals surface area contributed by atoms with E-state index in [-0.39, 0.29) is 6.04 Å². The number of halogens is 3. The zero-order valence-corrected chi connectivity index (χ0v) is 14.5. The average molecular weight is 378 g/mol. The van der Waals surface area contributed by atoms with Crippen LogP contribution in [0.25, 0.3) is 5.70 Å². The zero-order chi connectivity index (χ0) is 16.7. The molecule has 4 rings (SSSR count). The second kappa shape index (κ2) is 6.13. The van der Waals surface area contributed by atoms with Crippen LogP contribution in [0.15, 0.2) is 54.9 Å². The molecule has 2 heterocycles. The van der Waals surface area contributed by atoms with Crippen LogP contribution in [-0.2, 0) is 0 Å². The number of fused-ring (bicyclic) bond motifs is 1. The maximum atomic E-state index is 6.41. The van der Waals surface area contributed by atoms with Gasteiger partial charge in [-0.3, -0.25) is 0 Å². The number of benzene rings is 2. The van der Waals surface area contributed by atoms with Gasteiger partial charge >= 0.3 is 0 Å². The largest absolute Gasteiger partial charge is 0.324 e. The second-order valence-corrected chi connectivity index (χ2v) is 6.55. The molecule has 7 heteroatoms. The van der Waals surface area contributed by atoms with E-state index in [4.69, 9.17) is 34.8 Å². The van der Waals surface area contributed by atoms with Gasteiger partial charge in [-0.2, -0.15) is 10.1 Å². The molecule has 2 aromatic carbocycles. The molecule has 0 spiro atoms. The normalized spacial score (nSPS) is 16.3. The SMILES string of the molecule is Clc1ccc(C2=CC(c3cccc(Cl)c3Cl)n3ncnc3N2)cc1. The highest BCUT2D eigenvalue weighted by atomic mass is 35.5. The van der Waals surface area contributed by atoms with Gasteiger partial charge < -0.3 is 5.32 Å². The van der Waals surface area contributed by atoms with Crippen molar-refractivity contribution in [3.05, 3.63) is 81.1 Å². The summed E-state index contributed by atoms with van der Waals surface area (Å²) in [4.78, 5) is 4.28. The Morgan fingerprint density at radius 2 is 1.79 bits per heavy atom. The van der Waals surface area contributed by atoms with Gasteiger partial charge in [0, 0.05) is 16.3 Å². The predicted octanol–water partition coefficient (Wildman–Crippen LogP) is 5.29. The summed E-state index contributed by atoms with van der Waals surface area (Å²) < 4.78 is 1.77. The molecule has 0 aliphatic carbocycles. The van der Waals surface area contributed by atoms with Crippen LogP contribution in [0.2, 0.25) is 15.1 Å². The van der Waals surface area contributed by atoms with Crippen molar-refractivity contribution in [2.45, 2.75) is 6.04 Å². The van der Waals surface area contributed by atoms with E-state index in [2.05, 4.69) is 15.4 Å². The first-order valence-corrected chi connectivity index (χ1v) is 8.35. The summed E-state index contributed by atoms with van der Waals surface area (Å²) in [5.74, 6) is 0.642. The lowest BCUT2D eigenvalue weighted by molar-refractivity contribution is 0.612. The van der Waals surface area contributed by atoms with E-state index < -0.39 is 0 Å². The minimum absolute atomic E-state index is 0.208. The fourth-order valence-corrected chi connectivity index (χ4v) is 3.25. The summed E-state index contributed by atoms with van der Waals surface area (Å²) in [7, 11) is 0. The van der Waals surface area contributed by atoms with Gasteiger partial charge in [-0.15, -0.1) is 0 Å². The number of hydrogen-bond donors (Lipinski definition) is 1. The van der Waals surface area contributed by atoms with E-state index in [1.54, 1.807) is 10.7 Å². The molecule has 1 aromatic heterocycles. The number of hydrogen-bond acceptors (Lipinski definition) is 3. The van der Waals surface area contributed by atoms with Gasteiger partial charge in [-0.25, -0.2) is 4.68 Å². The Hall–Kier alpha value is -2.01. The van der Waals surface area contributed by atoms with Crippen LogP contribution in [0.4, 0.5) is 5.95 Å². The zero-order valence-electron chi connectivity index (χ0n) is 12.2. The van der Waals surface area contributed by atoms with Gasteiger partial charge in [-0.05, 0) is 29.8 Å². The lowest BCUT2D eigenvalue weighted by Gasteiger charge is -2.25. The number of aromatic nitrogens is 3. The van der Waals surface area contributed by atoms with Crippen molar-refractivity contribution in [2.75, 3.05) is 5.32 Å². The topological polar surface area (TPSA) is 42.7 Å². The number of rotatable bonds is 2. The van der Waals surface area contributed by atoms with Crippen LogP contribution in [0.1, 0.15) is 17.2 Å². The molecule has 4 nitrogen and oxygen atoms in total. The first-order chi connectivity index (χ1) is 11.6. The molecule has 1 unspecified atom stereocenters. The summed E-state index contributed by atoms with van der Waals surface area (Å²) in [5, 5.41) is 9.29. The van der Waals surface area contributed by atoms with Crippen molar-refractivity contribution in [3.8, 4) is 0 Å². The van der Waals surface area contributed by atoms with Crippen LogP contribution in [0, 0.1) is 0 Å². The third-order valence-corrected chi connectivity index (χ3v) is 4.95. The van der Waals surface area contributed by atoms with E-state index in [1.165, 1.54) is 6.33 Å². The summed E-state index contributed by atoms with van der Waals surface area (Å²) in [6, 6.07) is 13.0. The maximum absolute atomic E-state index is 6.41. The lowest BCUT2D eigenvalue weighted by Crippen LogP contribution is -2.20. The van der Waals surface area contributed by atoms with Gasteiger partial charge in [0.05, 0.1) is 10.0 Å². The van der Waals surface area contributed by atoms with Crippen LogP contribution in [0.5, 0.6) is 0 Å². The Morgan fingerprint density at radius 3 is 2.58 bits per heavy atom. The summed E-state index contributed by atoms with van der Waals surface area (Å²) in [6.07, 6.45) is 3.55. The van der Waals surface area contributed by atoms with Gasteiger partial charge in [0.1, 0.15) is 12.4 Å². The molecule has 24 heavy (non-hydrogen) atoms. The fraction of sp³-hybridized carbons (Fsp3) is 0.0588. The quantitative estimate of drug-likeness (QED) is 0.659. The molecule has 3 aromatic rings. The Bertz CT molecular complexity index is 931. The smallest absolute Gasteiger partial charge is 0.226 e. The molecule has 120 valence electrons. The summed E-state index contributed by atoms with van der Waals surface area (Å²) in [5.41, 5.74) is 2.77. The highest BCUT2D eigenvalue weighted by Crippen LogP contribution is 2.37. The maximum Gasteiger partial charge on any atom is 0.226 e. The highest BCUT2D eigenvalue weighted by molar-refractivity contribution is 6.42. The lowest BCUT2D eigenvalue weighted by atomic mass is 10.0. The first kappa shape index (κ1) is 15.5. The van der Waals surface area contributed by atoms with Crippen molar-refractivity contribution < 1.29 is 0 Å². The average Bonchev–Trinajstić information content (AvgIpc) is 3.06. The Morgan fingerprint density at radius 1 is 1.00 bits per heavy atom. The predicted molar refractivity (Wildman–Crippen MR) is 97.7 cm³/mol. The minimum Gasteiger partial charge on any atom is -0.324 e. The first-order valence-electron chi connectivity index (χ1n) is 7.21. The second-order valence-electron chi connectivity index (χ2n) is 5.33. The molecule has 1 N–H and O–H groups in total. The van der Waals surface area contributed by atoms with Crippen LogP contribution < -0.4 is 5.32 Å². The summed E-state index contributed by atoms with van der Waals surface area (Å²) >= 11 is 18.6. The van der Waals surface area contributed by atoms with Crippen molar-refractivity contribution in [3.63, 3.8) is 0 Å². The molecule has 1 atom stereocenters. The highest BCUT2D eigenvalue weighted by Gasteiger charge is 2.25. The number of anilines is 1. The van der Waals surface area contributed by atoms with Crippen LogP contribution in [-0.4, -0.2) is 14.8 Å². The minimum atomic E-state index is -0.208. The molecule has 0 saturated heterocycles. The van der Waals surface area contributed by atoms with E-state index in [1.807, 2.05) is 42.5 Å². The van der Waals surface area contributed by atoms with E-state index in [0.717, 1.165) is 16.8 Å². The van der Waals surface area contributed by atoms with Gasteiger partial charge in [0.2, 0.25) is 5.95 Å². The monoisotopic (exact) mass is 376 g/mol. The van der Waals surface area contributed by atoms with Gasteiger partial charge in [0.15, 0.2) is 0 Å².